The van der Waals surface area contributed by atoms with Crippen LogP contribution in [0, 0.1) is 5.82 Å². The summed E-state index contributed by atoms with van der Waals surface area (Å²) in [5, 5.41) is 11.7. The first kappa shape index (κ1) is 18.3. The fourth-order valence-corrected chi connectivity index (χ4v) is 3.91. The molecule has 1 aromatic heterocycles. The first-order chi connectivity index (χ1) is 12.6. The smallest absolute Gasteiger partial charge is 0.286 e. The largest absolute Gasteiger partial charge is 0.497 e. The van der Waals surface area contributed by atoms with Gasteiger partial charge in [-0.25, -0.2) is 4.39 Å². The number of methoxy groups -OCH3 is 1. The van der Waals surface area contributed by atoms with Crippen LogP contribution in [-0.4, -0.2) is 23.2 Å². The first-order valence-corrected chi connectivity index (χ1v) is 9.71. The van der Waals surface area contributed by atoms with Gasteiger partial charge in [0.2, 0.25) is 5.01 Å². The van der Waals surface area contributed by atoms with Crippen LogP contribution in [0.3, 0.4) is 0 Å². The number of carbonyl (C=O) groups excluding carboxylic acids is 1. The predicted octanol–water partition coefficient (Wildman–Crippen LogP) is 4.37. The molecule has 8 heteroatoms. The number of hydrogen-bond donors (Lipinski definition) is 1. The van der Waals surface area contributed by atoms with Crippen molar-refractivity contribution in [3.63, 3.8) is 0 Å². The molecule has 1 N–H and O–H groups in total. The molecule has 3 aromatic rings. The molecule has 134 valence electrons. The lowest BCUT2D eigenvalue weighted by atomic mass is 10.2. The van der Waals surface area contributed by atoms with Crippen LogP contribution >= 0.6 is 23.1 Å². The van der Waals surface area contributed by atoms with Gasteiger partial charge < -0.3 is 10.1 Å². The van der Waals surface area contributed by atoms with E-state index in [0.717, 1.165) is 22.1 Å². The average Bonchev–Trinajstić information content (AvgIpc) is 3.13. The number of benzene rings is 2. The van der Waals surface area contributed by atoms with Crippen molar-refractivity contribution in [2.75, 3.05) is 12.4 Å². The van der Waals surface area contributed by atoms with E-state index in [1.54, 1.807) is 18.9 Å². The Hall–Kier alpha value is -2.45. The zero-order chi connectivity index (χ0) is 18.4. The highest BCUT2D eigenvalue weighted by molar-refractivity contribution is 7.97. The minimum Gasteiger partial charge on any atom is -0.497 e. The number of halogens is 1. The second kappa shape index (κ2) is 8.77. The lowest BCUT2D eigenvalue weighted by molar-refractivity contribution is 0.102. The summed E-state index contributed by atoms with van der Waals surface area (Å²) in [6.45, 7) is 0. The van der Waals surface area contributed by atoms with Crippen molar-refractivity contribution in [1.82, 2.24) is 10.2 Å². The average molecular weight is 389 g/mol. The molecule has 0 aliphatic rings. The van der Waals surface area contributed by atoms with Crippen molar-refractivity contribution in [2.45, 2.75) is 11.5 Å². The van der Waals surface area contributed by atoms with E-state index >= 15 is 0 Å². The van der Waals surface area contributed by atoms with Crippen molar-refractivity contribution < 1.29 is 13.9 Å². The zero-order valence-corrected chi connectivity index (χ0v) is 15.6. The number of amides is 1. The molecule has 1 heterocycles. The van der Waals surface area contributed by atoms with Crippen molar-refractivity contribution in [1.29, 1.82) is 0 Å². The van der Waals surface area contributed by atoms with Crippen LogP contribution in [0.2, 0.25) is 0 Å². The number of anilines is 1. The van der Waals surface area contributed by atoms with Crippen LogP contribution in [-0.2, 0) is 11.5 Å². The van der Waals surface area contributed by atoms with Crippen molar-refractivity contribution in [3.8, 4) is 5.75 Å². The molecule has 3 rings (SSSR count). The summed E-state index contributed by atoms with van der Waals surface area (Å²) in [7, 11) is 1.64. The van der Waals surface area contributed by atoms with E-state index in [0.29, 0.717) is 11.4 Å². The number of nitrogens with one attached hydrogen (secondary N) is 1. The van der Waals surface area contributed by atoms with Gasteiger partial charge in [-0.15, -0.1) is 22.0 Å². The normalized spacial score (nSPS) is 10.5. The number of carbonyl (C=O) groups is 1. The molecule has 0 bridgehead atoms. The van der Waals surface area contributed by atoms with Crippen LogP contribution in [0.5, 0.6) is 5.75 Å². The third kappa shape index (κ3) is 5.03. The number of aromatic nitrogens is 2. The van der Waals surface area contributed by atoms with Crippen molar-refractivity contribution in [2.24, 2.45) is 0 Å². The van der Waals surface area contributed by atoms with Crippen LogP contribution in [0.4, 0.5) is 10.1 Å². The van der Waals surface area contributed by atoms with Gasteiger partial charge in [0.1, 0.15) is 16.6 Å². The van der Waals surface area contributed by atoms with E-state index in [4.69, 9.17) is 4.74 Å². The molecule has 2 aromatic carbocycles. The third-order valence-electron chi connectivity index (χ3n) is 3.39. The highest BCUT2D eigenvalue weighted by Crippen LogP contribution is 2.23. The molecule has 0 aliphatic heterocycles. The minimum absolute atomic E-state index is 0.284. The summed E-state index contributed by atoms with van der Waals surface area (Å²) in [5.41, 5.74) is 1.67. The summed E-state index contributed by atoms with van der Waals surface area (Å²) in [4.78, 5) is 12.2. The standard InChI is InChI=1S/C18H16FN3O2S2/c1-24-15-4-2-3-12(9-15)10-25-11-16-21-22-18(26-16)17(23)20-14-7-5-13(19)6-8-14/h2-9H,10-11H2,1H3,(H,20,23). The molecule has 26 heavy (non-hydrogen) atoms. The molecular weight excluding hydrogens is 373 g/mol. The summed E-state index contributed by atoms with van der Waals surface area (Å²) in [6, 6.07) is 13.5. The molecule has 0 radical (unpaired) electrons. The SMILES string of the molecule is COc1cccc(CSCc2nnc(C(=O)Nc3ccc(F)cc3)s2)c1. The Morgan fingerprint density at radius 1 is 1.19 bits per heavy atom. The second-order valence-electron chi connectivity index (χ2n) is 5.31. The molecule has 0 aliphatic carbocycles. The Kier molecular flexibility index (Phi) is 6.19. The van der Waals surface area contributed by atoms with Crippen LogP contribution in [0.1, 0.15) is 20.4 Å². The topological polar surface area (TPSA) is 64.1 Å². The summed E-state index contributed by atoms with van der Waals surface area (Å²) >= 11 is 2.94. The van der Waals surface area contributed by atoms with Crippen molar-refractivity contribution >= 4 is 34.7 Å². The maximum Gasteiger partial charge on any atom is 0.286 e. The van der Waals surface area contributed by atoms with Gasteiger partial charge in [-0.3, -0.25) is 4.79 Å². The molecule has 1 amide bonds. The Morgan fingerprint density at radius 3 is 2.77 bits per heavy atom. The van der Waals surface area contributed by atoms with E-state index in [-0.39, 0.29) is 16.7 Å². The quantitative estimate of drug-likeness (QED) is 0.650. The molecule has 0 atom stereocenters. The highest BCUT2D eigenvalue weighted by atomic mass is 32.2. The second-order valence-corrected chi connectivity index (χ2v) is 7.35. The molecule has 0 saturated heterocycles. The van der Waals surface area contributed by atoms with Crippen molar-refractivity contribution in [3.05, 3.63) is 69.9 Å². The fraction of sp³-hybridized carbons (Fsp3) is 0.167. The van der Waals surface area contributed by atoms with Gasteiger partial charge in [-0.2, -0.15) is 0 Å². The number of ether oxygens (including phenoxy) is 1. The van der Waals surface area contributed by atoms with E-state index in [1.807, 2.05) is 24.3 Å². The van der Waals surface area contributed by atoms with Crippen LogP contribution in [0.25, 0.3) is 0 Å². The monoisotopic (exact) mass is 389 g/mol. The molecule has 5 nitrogen and oxygen atoms in total. The number of hydrogen-bond acceptors (Lipinski definition) is 6. The summed E-state index contributed by atoms with van der Waals surface area (Å²) in [6.07, 6.45) is 0. The van der Waals surface area contributed by atoms with Gasteiger partial charge in [-0.1, -0.05) is 23.5 Å². The lowest BCUT2D eigenvalue weighted by Gasteiger charge is -2.03. The summed E-state index contributed by atoms with van der Waals surface area (Å²) < 4.78 is 18.1. The van der Waals surface area contributed by atoms with Crippen LogP contribution < -0.4 is 10.1 Å². The summed E-state index contributed by atoms with van der Waals surface area (Å²) in [5.74, 6) is 1.61. The van der Waals surface area contributed by atoms with Gasteiger partial charge in [0.05, 0.1) is 7.11 Å². The highest BCUT2D eigenvalue weighted by Gasteiger charge is 2.13. The predicted molar refractivity (Wildman–Crippen MR) is 102 cm³/mol. The number of rotatable bonds is 7. The fourth-order valence-electron chi connectivity index (χ4n) is 2.14. The van der Waals surface area contributed by atoms with Gasteiger partial charge in [0.15, 0.2) is 0 Å². The maximum absolute atomic E-state index is 12.9. The Bertz CT molecular complexity index is 884. The van der Waals surface area contributed by atoms with E-state index in [2.05, 4.69) is 15.5 Å². The third-order valence-corrected chi connectivity index (χ3v) is 5.51. The van der Waals surface area contributed by atoms with Gasteiger partial charge in [-0.05, 0) is 42.0 Å². The molecule has 0 saturated carbocycles. The molecule has 0 unspecified atom stereocenters. The minimum atomic E-state index is -0.353. The van der Waals surface area contributed by atoms with E-state index in [1.165, 1.54) is 35.6 Å². The van der Waals surface area contributed by atoms with Crippen LogP contribution in [0.15, 0.2) is 48.5 Å². The first-order valence-electron chi connectivity index (χ1n) is 7.74. The molecular formula is C18H16FN3O2S2. The Morgan fingerprint density at radius 2 is 2.00 bits per heavy atom. The number of thioether (sulfide) groups is 1. The van der Waals surface area contributed by atoms with Gasteiger partial charge >= 0.3 is 0 Å². The maximum atomic E-state index is 12.9. The molecule has 0 fully saturated rings. The van der Waals surface area contributed by atoms with Gasteiger partial charge in [0, 0.05) is 17.2 Å². The van der Waals surface area contributed by atoms with Gasteiger partial charge in [0.25, 0.3) is 5.91 Å². The lowest BCUT2D eigenvalue weighted by Crippen LogP contribution is -2.11. The number of nitrogens with zero attached hydrogens (tertiary/aromatic N) is 2. The zero-order valence-electron chi connectivity index (χ0n) is 13.9. The Balaban J connectivity index is 1.52. The Labute approximate surface area is 158 Å². The molecule has 0 spiro atoms. The van der Waals surface area contributed by atoms with E-state index < -0.39 is 0 Å². The van der Waals surface area contributed by atoms with E-state index in [9.17, 15) is 9.18 Å².